The lowest BCUT2D eigenvalue weighted by atomic mass is 10.1. The van der Waals surface area contributed by atoms with Crippen LogP contribution in [0.25, 0.3) is 21.5 Å². The molecule has 2 aromatic heterocycles. The van der Waals surface area contributed by atoms with Gasteiger partial charge in [-0.2, -0.15) is 4.94 Å². The van der Waals surface area contributed by atoms with Crippen molar-refractivity contribution in [2.45, 2.75) is 6.92 Å². The van der Waals surface area contributed by atoms with Gasteiger partial charge in [-0.15, -0.1) is 0 Å². The Labute approximate surface area is 169 Å². The van der Waals surface area contributed by atoms with Gasteiger partial charge in [-0.25, -0.2) is 25.3 Å². The molecule has 4 rings (SSSR count). The molecule has 0 saturated heterocycles. The summed E-state index contributed by atoms with van der Waals surface area (Å²) in [5.41, 5.74) is 7.77. The smallest absolute Gasteiger partial charge is 0.223 e. The number of halogens is 1. The fraction of sp³-hybridized carbons (Fsp3) is 0.0500. The van der Waals surface area contributed by atoms with Gasteiger partial charge in [0, 0.05) is 12.5 Å². The van der Waals surface area contributed by atoms with Gasteiger partial charge in [-0.3, -0.25) is 4.79 Å². The summed E-state index contributed by atoms with van der Waals surface area (Å²) in [4.78, 5) is 25.2. The minimum absolute atomic E-state index is 0.159. The molecule has 0 unspecified atom stereocenters. The van der Waals surface area contributed by atoms with Crippen LogP contribution in [-0.2, 0) is 9.73 Å². The number of anilines is 3. The van der Waals surface area contributed by atoms with Crippen LogP contribution in [0.4, 0.5) is 21.0 Å². The first-order valence-electron chi connectivity index (χ1n) is 8.66. The number of para-hydroxylation sites is 1. The minimum atomic E-state index is -0.424. The number of hydrogen-bond donors (Lipinski definition) is 3. The molecule has 0 atom stereocenters. The van der Waals surface area contributed by atoms with E-state index in [1.54, 1.807) is 24.3 Å². The molecule has 0 aliphatic carbocycles. The fourth-order valence-corrected chi connectivity index (χ4v) is 3.57. The number of benzene rings is 2. The van der Waals surface area contributed by atoms with Crippen molar-refractivity contribution in [2.24, 2.45) is 0 Å². The van der Waals surface area contributed by atoms with Crippen LogP contribution in [-0.4, -0.2) is 15.9 Å². The van der Waals surface area contributed by atoms with Gasteiger partial charge in [0.25, 0.3) is 0 Å². The monoisotopic (exact) mass is 409 g/mol. The third-order valence-corrected chi connectivity index (χ3v) is 4.84. The summed E-state index contributed by atoms with van der Waals surface area (Å²) in [6.07, 6.45) is 0. The number of rotatable bonds is 6. The molecule has 2 aromatic carbocycles. The fourth-order valence-electron chi connectivity index (χ4n) is 2.62. The Bertz CT molecular complexity index is 1180. The molecule has 0 aliphatic heterocycles. The number of aromatic nitrogens is 2. The molecule has 0 fully saturated rings. The molecule has 0 bridgehead atoms. The first-order chi connectivity index (χ1) is 14.1. The van der Waals surface area contributed by atoms with Crippen molar-refractivity contribution in [3.63, 3.8) is 0 Å². The third-order valence-electron chi connectivity index (χ3n) is 3.91. The maximum absolute atomic E-state index is 13.6. The van der Waals surface area contributed by atoms with Crippen molar-refractivity contribution < 1.29 is 14.1 Å². The summed E-state index contributed by atoms with van der Waals surface area (Å²) in [6, 6.07) is 17.4. The van der Waals surface area contributed by atoms with Crippen LogP contribution in [0, 0.1) is 5.82 Å². The SMILES string of the molecule is CC(=O)Nc1nc2ccc(-c3cccc(NONc4ccccc4F)n3)cc2s1. The molecule has 0 radical (unpaired) electrons. The number of amides is 1. The van der Waals surface area contributed by atoms with E-state index in [0.29, 0.717) is 10.9 Å². The lowest BCUT2D eigenvalue weighted by Crippen LogP contribution is -2.10. The van der Waals surface area contributed by atoms with Crippen molar-refractivity contribution in [3.05, 3.63) is 66.5 Å². The number of nitrogens with zero attached hydrogens (tertiary/aromatic N) is 2. The van der Waals surface area contributed by atoms with Crippen LogP contribution in [0.5, 0.6) is 0 Å². The summed E-state index contributed by atoms with van der Waals surface area (Å²) in [7, 11) is 0. The summed E-state index contributed by atoms with van der Waals surface area (Å²) in [5.74, 6) is -0.129. The molecule has 29 heavy (non-hydrogen) atoms. The van der Waals surface area contributed by atoms with E-state index >= 15 is 0 Å². The molecule has 146 valence electrons. The van der Waals surface area contributed by atoms with E-state index in [4.69, 9.17) is 4.94 Å². The molecule has 0 spiro atoms. The molecule has 1 amide bonds. The van der Waals surface area contributed by atoms with E-state index < -0.39 is 5.82 Å². The van der Waals surface area contributed by atoms with Gasteiger partial charge in [-0.05, 0) is 36.4 Å². The van der Waals surface area contributed by atoms with Crippen LogP contribution < -0.4 is 16.3 Å². The predicted octanol–water partition coefficient (Wildman–Crippen LogP) is 4.83. The van der Waals surface area contributed by atoms with Crippen molar-refractivity contribution in [1.82, 2.24) is 9.97 Å². The lowest BCUT2D eigenvalue weighted by Gasteiger charge is -2.09. The Morgan fingerprint density at radius 1 is 1.03 bits per heavy atom. The highest BCUT2D eigenvalue weighted by Gasteiger charge is 2.08. The van der Waals surface area contributed by atoms with E-state index in [2.05, 4.69) is 26.2 Å². The molecule has 2 heterocycles. The highest BCUT2D eigenvalue weighted by molar-refractivity contribution is 7.22. The quantitative estimate of drug-likeness (QED) is 0.396. The second-order valence-electron chi connectivity index (χ2n) is 6.08. The highest BCUT2D eigenvalue weighted by atomic mass is 32.1. The summed E-state index contributed by atoms with van der Waals surface area (Å²) in [6.45, 7) is 1.45. The molecule has 9 heteroatoms. The zero-order chi connectivity index (χ0) is 20.2. The maximum Gasteiger partial charge on any atom is 0.223 e. The van der Waals surface area contributed by atoms with E-state index in [1.165, 1.54) is 24.3 Å². The van der Waals surface area contributed by atoms with Gasteiger partial charge >= 0.3 is 0 Å². The molecule has 0 saturated carbocycles. The Balaban J connectivity index is 1.49. The van der Waals surface area contributed by atoms with Crippen LogP contribution >= 0.6 is 11.3 Å². The van der Waals surface area contributed by atoms with E-state index in [1.807, 2.05) is 30.3 Å². The number of pyridine rings is 1. The van der Waals surface area contributed by atoms with Crippen molar-refractivity contribution in [2.75, 3.05) is 16.3 Å². The van der Waals surface area contributed by atoms with Crippen LogP contribution in [0.1, 0.15) is 6.92 Å². The molecular weight excluding hydrogens is 393 g/mol. The largest absolute Gasteiger partial charge is 0.302 e. The van der Waals surface area contributed by atoms with Crippen LogP contribution in [0.15, 0.2) is 60.7 Å². The van der Waals surface area contributed by atoms with Gasteiger partial charge in [0.1, 0.15) is 5.82 Å². The Hall–Kier alpha value is -3.56. The molecule has 3 N–H and O–H groups in total. The summed E-state index contributed by atoms with van der Waals surface area (Å²) >= 11 is 1.39. The van der Waals surface area contributed by atoms with Crippen molar-refractivity contribution in [1.29, 1.82) is 0 Å². The molecule has 7 nitrogen and oxygen atoms in total. The lowest BCUT2D eigenvalue weighted by molar-refractivity contribution is -0.114. The Morgan fingerprint density at radius 3 is 2.72 bits per heavy atom. The van der Waals surface area contributed by atoms with E-state index in [-0.39, 0.29) is 11.6 Å². The zero-order valence-corrected chi connectivity index (χ0v) is 16.1. The topological polar surface area (TPSA) is 88.2 Å². The number of carbonyl (C=O) groups excluding carboxylic acids is 1. The average molecular weight is 409 g/mol. The first-order valence-corrected chi connectivity index (χ1v) is 9.48. The number of nitrogens with one attached hydrogen (secondary N) is 3. The normalized spacial score (nSPS) is 10.7. The first kappa shape index (κ1) is 18.8. The Morgan fingerprint density at radius 2 is 1.90 bits per heavy atom. The van der Waals surface area contributed by atoms with Crippen molar-refractivity contribution in [3.8, 4) is 11.3 Å². The van der Waals surface area contributed by atoms with Gasteiger partial charge in [-0.1, -0.05) is 35.6 Å². The predicted molar refractivity (Wildman–Crippen MR) is 112 cm³/mol. The second-order valence-corrected chi connectivity index (χ2v) is 7.11. The Kier molecular flexibility index (Phi) is 5.32. The molecular formula is C20H16FN5O2S. The molecule has 0 aliphatic rings. The van der Waals surface area contributed by atoms with Gasteiger partial charge < -0.3 is 5.32 Å². The van der Waals surface area contributed by atoms with E-state index in [9.17, 15) is 9.18 Å². The van der Waals surface area contributed by atoms with Crippen molar-refractivity contribution >= 4 is 44.1 Å². The van der Waals surface area contributed by atoms with Gasteiger partial charge in [0.05, 0.1) is 21.6 Å². The number of hydrogen-bond acceptors (Lipinski definition) is 7. The maximum atomic E-state index is 13.6. The number of carbonyl (C=O) groups is 1. The highest BCUT2D eigenvalue weighted by Crippen LogP contribution is 2.30. The standard InChI is InChI=1S/C20H16FN5O2S/c1-12(27)22-20-24-17-10-9-13(11-18(17)29-20)15-7-4-8-19(23-15)26-28-25-16-6-3-2-5-14(16)21/h2-11,25H,1H3,(H,23,26)(H,22,24,27). The zero-order valence-electron chi connectivity index (χ0n) is 15.3. The number of fused-ring (bicyclic) bond motifs is 1. The van der Waals surface area contributed by atoms with Gasteiger partial charge in [0.2, 0.25) is 5.91 Å². The van der Waals surface area contributed by atoms with E-state index in [0.717, 1.165) is 21.5 Å². The average Bonchev–Trinajstić information content (AvgIpc) is 3.10. The van der Waals surface area contributed by atoms with Crippen LogP contribution in [0.2, 0.25) is 0 Å². The van der Waals surface area contributed by atoms with Crippen LogP contribution in [0.3, 0.4) is 0 Å². The molecule has 4 aromatic rings. The third kappa shape index (κ3) is 4.48. The summed E-state index contributed by atoms with van der Waals surface area (Å²) < 4.78 is 14.5. The van der Waals surface area contributed by atoms with Gasteiger partial charge in [0.15, 0.2) is 10.9 Å². The second kappa shape index (κ2) is 8.21. The summed E-state index contributed by atoms with van der Waals surface area (Å²) in [5, 5.41) is 3.25. The number of thiazole rings is 1. The minimum Gasteiger partial charge on any atom is -0.302 e.